The minimum Gasteiger partial charge on any atom is -0.459 e. The number of halogens is 10. The Labute approximate surface area is 298 Å². The summed E-state index contributed by atoms with van der Waals surface area (Å²) in [6, 6.07) is 0. The maximum absolute atomic E-state index is 15.5. The molecule has 298 valence electrons. The predicted octanol–water partition coefficient (Wildman–Crippen LogP) is 10.7. The van der Waals surface area contributed by atoms with E-state index in [1.165, 1.54) is 34.6 Å². The van der Waals surface area contributed by atoms with Gasteiger partial charge in [-0.2, -0.15) is 26.3 Å². The fourth-order valence-electron chi connectivity index (χ4n) is 13.1. The average Bonchev–Trinajstić information content (AvgIpc) is 3.62. The molecule has 10 atom stereocenters. The van der Waals surface area contributed by atoms with Gasteiger partial charge in [0.25, 0.3) is 11.8 Å². The molecule has 8 aliphatic rings. The van der Waals surface area contributed by atoms with Crippen LogP contribution >= 0.6 is 0 Å². The zero-order chi connectivity index (χ0) is 39.2. The van der Waals surface area contributed by atoms with Crippen LogP contribution in [0.5, 0.6) is 0 Å². The van der Waals surface area contributed by atoms with E-state index < -0.39 is 106 Å². The molecule has 0 radical (unpaired) electrons. The molecule has 0 amide bonds. The predicted molar refractivity (Wildman–Crippen MR) is 169 cm³/mol. The van der Waals surface area contributed by atoms with Gasteiger partial charge in [0, 0.05) is 11.8 Å². The van der Waals surface area contributed by atoms with Gasteiger partial charge in [-0.25, -0.2) is 17.6 Å². The molecule has 0 aromatic heterocycles. The number of hydrogen-bond acceptors (Lipinski definition) is 4. The molecule has 10 unspecified atom stereocenters. The molecule has 0 aromatic rings. The lowest BCUT2D eigenvalue weighted by atomic mass is 9.49. The molecule has 52 heavy (non-hydrogen) atoms. The van der Waals surface area contributed by atoms with Crippen molar-refractivity contribution in [2.45, 2.75) is 142 Å². The van der Waals surface area contributed by atoms with Crippen LogP contribution in [0.2, 0.25) is 0 Å². The second-order valence-corrected chi connectivity index (χ2v) is 18.7. The Morgan fingerprint density at radius 2 is 0.923 bits per heavy atom. The third-order valence-corrected chi connectivity index (χ3v) is 15.6. The van der Waals surface area contributed by atoms with Crippen LogP contribution < -0.4 is 0 Å². The first-order valence-electron chi connectivity index (χ1n) is 18.9. The molecule has 8 aliphatic carbocycles. The highest BCUT2D eigenvalue weighted by atomic mass is 19.4. The van der Waals surface area contributed by atoms with Crippen molar-refractivity contribution < 1.29 is 63.0 Å². The molecule has 0 aliphatic heterocycles. The Kier molecular flexibility index (Phi) is 9.11. The van der Waals surface area contributed by atoms with Crippen molar-refractivity contribution in [3.63, 3.8) is 0 Å². The zero-order valence-corrected chi connectivity index (χ0v) is 31.0. The minimum absolute atomic E-state index is 0.00320. The summed E-state index contributed by atoms with van der Waals surface area (Å²) in [5.41, 5.74) is -9.73. The number of hydrogen-bond donors (Lipinski definition) is 0. The molecule has 8 saturated carbocycles. The SMILES string of the molecule is CC1C(C)C2CC1C(F)(F)C2(C(=O)OC(C)(C)C)C(F)(F)F.CCC1(OC(=O)C2(C(F)(F)F)C3CC(C(C)C3C)C2(F)F)C2CC3CC(C2)CC1C3. The van der Waals surface area contributed by atoms with Gasteiger partial charge >= 0.3 is 24.3 Å². The van der Waals surface area contributed by atoms with Crippen LogP contribution in [-0.4, -0.2) is 47.3 Å². The summed E-state index contributed by atoms with van der Waals surface area (Å²) in [7, 11) is 0. The lowest BCUT2D eigenvalue weighted by molar-refractivity contribution is -0.328. The Balaban J connectivity index is 0.000000188. The van der Waals surface area contributed by atoms with Crippen LogP contribution in [0, 0.1) is 81.8 Å². The number of carbonyl (C=O) groups excluding carboxylic acids is 2. The van der Waals surface area contributed by atoms with Gasteiger partial charge in [-0.15, -0.1) is 0 Å². The first-order valence-corrected chi connectivity index (χ1v) is 18.9. The molecule has 14 heteroatoms. The first-order chi connectivity index (χ1) is 23.6. The van der Waals surface area contributed by atoms with Crippen molar-refractivity contribution >= 4 is 11.9 Å². The molecule has 4 nitrogen and oxygen atoms in total. The highest BCUT2D eigenvalue weighted by Gasteiger charge is 2.89. The lowest BCUT2D eigenvalue weighted by Gasteiger charge is -2.61. The van der Waals surface area contributed by atoms with Crippen molar-refractivity contribution in [3.05, 3.63) is 0 Å². The Morgan fingerprint density at radius 3 is 1.23 bits per heavy atom. The molecule has 8 fully saturated rings. The first kappa shape index (κ1) is 39.9. The van der Waals surface area contributed by atoms with Crippen molar-refractivity contribution in [2.75, 3.05) is 0 Å². The normalized spacial score (nSPS) is 48.0. The third kappa shape index (κ3) is 4.97. The molecule has 0 N–H and O–H groups in total. The van der Waals surface area contributed by atoms with E-state index in [-0.39, 0.29) is 24.7 Å². The van der Waals surface area contributed by atoms with E-state index in [1.807, 2.05) is 6.92 Å². The Bertz CT molecular complexity index is 1410. The average molecular weight is 763 g/mol. The number of ether oxygens (including phenoxy) is 2. The maximum Gasteiger partial charge on any atom is 0.411 e. The minimum atomic E-state index is -5.35. The number of carbonyl (C=O) groups is 2. The van der Waals surface area contributed by atoms with Gasteiger partial charge in [0.2, 0.25) is 10.8 Å². The highest BCUT2D eigenvalue weighted by Crippen LogP contribution is 2.75. The van der Waals surface area contributed by atoms with E-state index in [2.05, 4.69) is 0 Å². The zero-order valence-electron chi connectivity index (χ0n) is 31.0. The smallest absolute Gasteiger partial charge is 0.411 e. The summed E-state index contributed by atoms with van der Waals surface area (Å²) < 4.78 is 155. The topological polar surface area (TPSA) is 52.6 Å². The van der Waals surface area contributed by atoms with Gasteiger partial charge in [-0.05, 0) is 131 Å². The summed E-state index contributed by atoms with van der Waals surface area (Å²) >= 11 is 0. The van der Waals surface area contributed by atoms with Crippen molar-refractivity contribution in [1.82, 2.24) is 0 Å². The van der Waals surface area contributed by atoms with Crippen molar-refractivity contribution in [3.8, 4) is 0 Å². The van der Waals surface area contributed by atoms with Crippen LogP contribution in [0.25, 0.3) is 0 Å². The number of alkyl halides is 10. The van der Waals surface area contributed by atoms with Gasteiger partial charge in [0.15, 0.2) is 0 Å². The fraction of sp³-hybridized carbons (Fsp3) is 0.947. The van der Waals surface area contributed by atoms with Crippen LogP contribution in [0.15, 0.2) is 0 Å². The quantitative estimate of drug-likeness (QED) is 0.211. The van der Waals surface area contributed by atoms with E-state index in [0.717, 1.165) is 32.1 Å². The molecule has 8 rings (SSSR count). The molecular formula is C38H52F10O4. The van der Waals surface area contributed by atoms with Gasteiger partial charge in [-0.1, -0.05) is 34.6 Å². The van der Waals surface area contributed by atoms with Crippen LogP contribution in [0.3, 0.4) is 0 Å². The number of esters is 2. The number of rotatable bonds is 4. The van der Waals surface area contributed by atoms with Crippen LogP contribution in [0.4, 0.5) is 43.9 Å². The Hall–Kier alpha value is -1.76. The molecule has 0 heterocycles. The summed E-state index contributed by atoms with van der Waals surface area (Å²) in [5.74, 6) is -18.8. The second kappa shape index (κ2) is 11.9. The second-order valence-electron chi connectivity index (χ2n) is 18.7. The summed E-state index contributed by atoms with van der Waals surface area (Å²) in [6.45, 7) is 12.1. The summed E-state index contributed by atoms with van der Waals surface area (Å²) in [4.78, 5) is 25.7. The van der Waals surface area contributed by atoms with E-state index in [1.54, 1.807) is 13.8 Å². The van der Waals surface area contributed by atoms with Crippen molar-refractivity contribution in [2.24, 2.45) is 81.8 Å². The highest BCUT2D eigenvalue weighted by molar-refractivity contribution is 5.82. The summed E-state index contributed by atoms with van der Waals surface area (Å²) in [5, 5.41) is 0. The largest absolute Gasteiger partial charge is 0.459 e. The molecule has 0 saturated heterocycles. The monoisotopic (exact) mass is 762 g/mol. The van der Waals surface area contributed by atoms with E-state index in [0.29, 0.717) is 18.3 Å². The molecule has 0 aromatic carbocycles. The molecule has 8 bridgehead atoms. The van der Waals surface area contributed by atoms with Gasteiger partial charge in [-0.3, -0.25) is 9.59 Å². The standard InChI is InChI=1S/C23H31F5O2.C15H21F5O2/c1-4-20(15-6-13-5-14(8-15)9-16(20)7-13)30-19(29)21(23(26,27)28)17-10-18(22(21,24)25)12(3)11(17)2;1-7-8(2)10-6-9(7)13(14(10,16)17,15(18,19)20)11(21)22-12(3,4)5/h11-18H,4-10H2,1-3H3;7-10H,6H2,1-5H3. The van der Waals surface area contributed by atoms with Crippen molar-refractivity contribution in [1.29, 1.82) is 0 Å². The van der Waals surface area contributed by atoms with Crippen LogP contribution in [-0.2, 0) is 19.1 Å². The van der Waals surface area contributed by atoms with E-state index in [9.17, 15) is 44.7 Å². The van der Waals surface area contributed by atoms with Gasteiger partial charge in [0.05, 0.1) is 0 Å². The van der Waals surface area contributed by atoms with Gasteiger partial charge in [0.1, 0.15) is 11.2 Å². The molecule has 0 spiro atoms. The maximum atomic E-state index is 15.5. The van der Waals surface area contributed by atoms with E-state index in [4.69, 9.17) is 9.47 Å². The number of fused-ring (bicyclic) bond motifs is 4. The lowest BCUT2D eigenvalue weighted by Crippen LogP contribution is -2.67. The Morgan fingerprint density at radius 1 is 0.577 bits per heavy atom. The van der Waals surface area contributed by atoms with E-state index >= 15 is 8.78 Å². The summed E-state index contributed by atoms with van der Waals surface area (Å²) in [6.07, 6.45) is -6.38. The van der Waals surface area contributed by atoms with Crippen LogP contribution in [0.1, 0.15) is 107 Å². The third-order valence-electron chi connectivity index (χ3n) is 15.6. The van der Waals surface area contributed by atoms with Gasteiger partial charge < -0.3 is 9.47 Å². The molecular weight excluding hydrogens is 710 g/mol. The fourth-order valence-corrected chi connectivity index (χ4v) is 13.1.